The maximum absolute atomic E-state index is 2.29. The summed E-state index contributed by atoms with van der Waals surface area (Å²) in [6.45, 7) is 11.0. The van der Waals surface area contributed by atoms with Crippen molar-refractivity contribution < 1.29 is 0 Å². The standard InChI is InChI=1S/C14H24/c1-6-9-10-12(4)11-14(8-3)13(5)7-2/h8-11,13H,6-7H2,1-5H3/b10-9+,12-11-,14-8+. The van der Waals surface area contributed by atoms with Gasteiger partial charge in [0.2, 0.25) is 0 Å². The highest BCUT2D eigenvalue weighted by molar-refractivity contribution is 5.29. The van der Waals surface area contributed by atoms with Crippen molar-refractivity contribution >= 4 is 0 Å². The Morgan fingerprint density at radius 2 is 1.93 bits per heavy atom. The first-order chi connectivity index (χ1) is 6.65. The lowest BCUT2D eigenvalue weighted by atomic mass is 9.96. The number of hydrogen-bond acceptors (Lipinski definition) is 0. The van der Waals surface area contributed by atoms with E-state index in [4.69, 9.17) is 0 Å². The fourth-order valence-corrected chi connectivity index (χ4v) is 1.36. The molecule has 1 unspecified atom stereocenters. The van der Waals surface area contributed by atoms with Crippen LogP contribution in [-0.2, 0) is 0 Å². The summed E-state index contributed by atoms with van der Waals surface area (Å²) in [5, 5.41) is 0. The molecule has 0 heteroatoms. The molecule has 0 fully saturated rings. The quantitative estimate of drug-likeness (QED) is 0.544. The first-order valence-corrected chi connectivity index (χ1v) is 5.66. The second kappa shape index (κ2) is 7.61. The molecule has 0 saturated carbocycles. The Morgan fingerprint density at radius 3 is 2.36 bits per heavy atom. The molecule has 0 bridgehead atoms. The van der Waals surface area contributed by atoms with Crippen LogP contribution < -0.4 is 0 Å². The Morgan fingerprint density at radius 1 is 1.29 bits per heavy atom. The molecule has 14 heavy (non-hydrogen) atoms. The second-order valence-corrected chi connectivity index (χ2v) is 3.80. The third kappa shape index (κ3) is 5.06. The second-order valence-electron chi connectivity index (χ2n) is 3.80. The van der Waals surface area contributed by atoms with Crippen LogP contribution in [0, 0.1) is 5.92 Å². The first kappa shape index (κ1) is 13.2. The van der Waals surface area contributed by atoms with Crippen LogP contribution in [0.25, 0.3) is 0 Å². The van der Waals surface area contributed by atoms with Crippen LogP contribution in [-0.4, -0.2) is 0 Å². The highest BCUT2D eigenvalue weighted by atomic mass is 14.1. The van der Waals surface area contributed by atoms with Gasteiger partial charge in [0.1, 0.15) is 0 Å². The molecule has 0 amide bonds. The monoisotopic (exact) mass is 192 g/mol. The van der Waals surface area contributed by atoms with Gasteiger partial charge in [-0.3, -0.25) is 0 Å². The molecular weight excluding hydrogens is 168 g/mol. The molecule has 0 aliphatic heterocycles. The van der Waals surface area contributed by atoms with Gasteiger partial charge in [0, 0.05) is 0 Å². The molecule has 0 nitrogen and oxygen atoms in total. The lowest BCUT2D eigenvalue weighted by molar-refractivity contribution is 0.668. The zero-order valence-electron chi connectivity index (χ0n) is 10.3. The maximum Gasteiger partial charge on any atom is -0.0196 e. The predicted octanol–water partition coefficient (Wildman–Crippen LogP) is 4.89. The molecule has 0 aliphatic rings. The molecule has 0 aromatic rings. The highest BCUT2D eigenvalue weighted by Crippen LogP contribution is 2.17. The van der Waals surface area contributed by atoms with E-state index in [9.17, 15) is 0 Å². The summed E-state index contributed by atoms with van der Waals surface area (Å²) in [4.78, 5) is 0. The topological polar surface area (TPSA) is 0 Å². The molecule has 80 valence electrons. The summed E-state index contributed by atoms with van der Waals surface area (Å²) in [7, 11) is 0. The van der Waals surface area contributed by atoms with Crippen molar-refractivity contribution in [1.29, 1.82) is 0 Å². The molecule has 0 aromatic carbocycles. The van der Waals surface area contributed by atoms with Gasteiger partial charge >= 0.3 is 0 Å². The van der Waals surface area contributed by atoms with E-state index in [1.807, 2.05) is 0 Å². The van der Waals surface area contributed by atoms with E-state index in [-0.39, 0.29) is 0 Å². The lowest BCUT2D eigenvalue weighted by Gasteiger charge is -2.10. The zero-order chi connectivity index (χ0) is 11.0. The minimum Gasteiger partial charge on any atom is -0.0845 e. The molecule has 0 heterocycles. The Bertz CT molecular complexity index is 228. The van der Waals surface area contributed by atoms with Crippen LogP contribution in [0.4, 0.5) is 0 Å². The summed E-state index contributed by atoms with van der Waals surface area (Å²) in [6.07, 6.45) is 11.2. The van der Waals surface area contributed by atoms with Crippen molar-refractivity contribution in [2.75, 3.05) is 0 Å². The fourth-order valence-electron chi connectivity index (χ4n) is 1.36. The van der Waals surface area contributed by atoms with Gasteiger partial charge in [0.05, 0.1) is 0 Å². The van der Waals surface area contributed by atoms with Gasteiger partial charge in [-0.15, -0.1) is 0 Å². The highest BCUT2D eigenvalue weighted by Gasteiger charge is 2.01. The van der Waals surface area contributed by atoms with Gasteiger partial charge < -0.3 is 0 Å². The van der Waals surface area contributed by atoms with Crippen LogP contribution in [0.5, 0.6) is 0 Å². The average Bonchev–Trinajstić information content (AvgIpc) is 2.21. The van der Waals surface area contributed by atoms with Gasteiger partial charge in [0.25, 0.3) is 0 Å². The minimum absolute atomic E-state index is 0.671. The van der Waals surface area contributed by atoms with Crippen molar-refractivity contribution in [2.45, 2.75) is 47.5 Å². The smallest absolute Gasteiger partial charge is 0.0196 e. The molecule has 0 aliphatic carbocycles. The van der Waals surface area contributed by atoms with E-state index < -0.39 is 0 Å². The Labute approximate surface area is 89.4 Å². The van der Waals surface area contributed by atoms with E-state index in [0.29, 0.717) is 5.92 Å². The third-order valence-corrected chi connectivity index (χ3v) is 2.53. The first-order valence-electron chi connectivity index (χ1n) is 5.66. The van der Waals surface area contributed by atoms with E-state index in [2.05, 4.69) is 58.9 Å². The van der Waals surface area contributed by atoms with Crippen LogP contribution in [0.3, 0.4) is 0 Å². The Hall–Kier alpha value is -0.780. The lowest BCUT2D eigenvalue weighted by Crippen LogP contribution is -1.95. The van der Waals surface area contributed by atoms with Gasteiger partial charge in [-0.1, -0.05) is 50.6 Å². The van der Waals surface area contributed by atoms with Gasteiger partial charge in [-0.05, 0) is 38.2 Å². The van der Waals surface area contributed by atoms with Crippen molar-refractivity contribution in [3.05, 3.63) is 35.5 Å². The summed E-state index contributed by atoms with van der Waals surface area (Å²) >= 11 is 0. The number of allylic oxidation sites excluding steroid dienone is 6. The molecule has 0 N–H and O–H groups in total. The Kier molecular flexibility index (Phi) is 7.18. The maximum atomic E-state index is 2.29. The van der Waals surface area contributed by atoms with Crippen LogP contribution in [0.1, 0.15) is 47.5 Å². The predicted molar refractivity (Wildman–Crippen MR) is 66.4 cm³/mol. The van der Waals surface area contributed by atoms with Crippen molar-refractivity contribution in [1.82, 2.24) is 0 Å². The molecular formula is C14H24. The Balaban J connectivity index is 4.51. The summed E-state index contributed by atoms with van der Waals surface area (Å²) < 4.78 is 0. The van der Waals surface area contributed by atoms with E-state index >= 15 is 0 Å². The molecule has 0 radical (unpaired) electrons. The SMILES string of the molecule is C\C=C(/C=C(C)\C=C\CC)C(C)CC. The van der Waals surface area contributed by atoms with Crippen LogP contribution >= 0.6 is 0 Å². The van der Waals surface area contributed by atoms with E-state index in [1.54, 1.807) is 0 Å². The third-order valence-electron chi connectivity index (χ3n) is 2.53. The van der Waals surface area contributed by atoms with Crippen molar-refractivity contribution in [3.63, 3.8) is 0 Å². The summed E-state index contributed by atoms with van der Waals surface area (Å²) in [6, 6.07) is 0. The van der Waals surface area contributed by atoms with E-state index in [0.717, 1.165) is 6.42 Å². The number of rotatable bonds is 5. The molecule has 0 aromatic heterocycles. The van der Waals surface area contributed by atoms with Crippen molar-refractivity contribution in [3.8, 4) is 0 Å². The largest absolute Gasteiger partial charge is 0.0845 e. The average molecular weight is 192 g/mol. The number of hydrogen-bond donors (Lipinski definition) is 0. The van der Waals surface area contributed by atoms with Crippen LogP contribution in [0.15, 0.2) is 35.5 Å². The zero-order valence-corrected chi connectivity index (χ0v) is 10.3. The van der Waals surface area contributed by atoms with E-state index in [1.165, 1.54) is 17.6 Å². The van der Waals surface area contributed by atoms with Crippen molar-refractivity contribution in [2.24, 2.45) is 5.92 Å². The molecule has 1 atom stereocenters. The van der Waals surface area contributed by atoms with Gasteiger partial charge in [-0.25, -0.2) is 0 Å². The fraction of sp³-hybridized carbons (Fsp3) is 0.571. The van der Waals surface area contributed by atoms with Gasteiger partial charge in [-0.2, -0.15) is 0 Å². The summed E-state index contributed by atoms with van der Waals surface area (Å²) in [5.74, 6) is 0.671. The molecule has 0 rings (SSSR count). The normalized spacial score (nSPS) is 16.4. The van der Waals surface area contributed by atoms with Gasteiger partial charge in [0.15, 0.2) is 0 Å². The molecule has 0 spiro atoms. The molecule has 0 saturated heterocycles. The summed E-state index contributed by atoms with van der Waals surface area (Å²) in [5.41, 5.74) is 2.80. The van der Waals surface area contributed by atoms with Crippen LogP contribution in [0.2, 0.25) is 0 Å². The minimum atomic E-state index is 0.671.